The minimum atomic E-state index is -0.866. The van der Waals surface area contributed by atoms with E-state index in [1.807, 2.05) is 61.9 Å². The summed E-state index contributed by atoms with van der Waals surface area (Å²) >= 11 is 0. The molecule has 0 saturated carbocycles. The first-order chi connectivity index (χ1) is 29.4. The third-order valence-electron chi connectivity index (χ3n) is 10.7. The summed E-state index contributed by atoms with van der Waals surface area (Å²) in [5.74, 6) is 6.13. The van der Waals surface area contributed by atoms with Crippen molar-refractivity contribution in [2.75, 3.05) is 39.7 Å². The number of hydrogen-bond acceptors (Lipinski definition) is 8. The number of benzene rings is 6. The van der Waals surface area contributed by atoms with E-state index in [2.05, 4.69) is 60.4 Å². The van der Waals surface area contributed by atoms with Gasteiger partial charge in [0.05, 0.1) is 18.2 Å². The minimum Gasteiger partial charge on any atom is -0.508 e. The maximum Gasteiger partial charge on any atom is 0.338 e. The first-order valence-corrected chi connectivity index (χ1v) is 20.0. The largest absolute Gasteiger partial charge is 0.508 e. The lowest BCUT2D eigenvalue weighted by Crippen LogP contribution is -2.21. The Labute approximate surface area is 351 Å². The first kappa shape index (κ1) is 40.2. The number of aliphatic carboxylic acids is 1. The van der Waals surface area contributed by atoms with Crippen LogP contribution in [0.25, 0.3) is 66.8 Å². The number of aromatic hydroxyl groups is 1. The molecule has 0 spiro atoms. The zero-order valence-corrected chi connectivity index (χ0v) is 34.2. The van der Waals surface area contributed by atoms with Crippen LogP contribution in [-0.2, 0) is 9.53 Å². The number of anilines is 1. The third-order valence-corrected chi connectivity index (χ3v) is 10.7. The Hall–Kier alpha value is -7.64. The molecule has 0 fully saturated rings. The van der Waals surface area contributed by atoms with Crippen molar-refractivity contribution in [1.82, 2.24) is 4.58 Å². The second-order valence-corrected chi connectivity index (χ2v) is 15.4. The molecule has 0 unspecified atom stereocenters. The summed E-state index contributed by atoms with van der Waals surface area (Å²) < 4.78 is 20.4. The number of ether oxygens (including phenoxy) is 1. The Morgan fingerprint density at radius 3 is 2.10 bits per heavy atom. The van der Waals surface area contributed by atoms with E-state index < -0.39 is 11.9 Å². The van der Waals surface area contributed by atoms with Crippen molar-refractivity contribution in [3.8, 4) is 62.5 Å². The van der Waals surface area contributed by atoms with Crippen molar-refractivity contribution in [3.05, 3.63) is 148 Å². The van der Waals surface area contributed by atoms with Gasteiger partial charge in [-0.15, -0.1) is 0 Å². The molecule has 304 valence electrons. The molecule has 61 heavy (non-hydrogen) atoms. The van der Waals surface area contributed by atoms with Crippen LogP contribution in [0, 0.1) is 11.8 Å². The van der Waals surface area contributed by atoms with E-state index in [1.54, 1.807) is 18.2 Å². The van der Waals surface area contributed by atoms with Crippen molar-refractivity contribution in [3.63, 3.8) is 0 Å². The van der Waals surface area contributed by atoms with Crippen molar-refractivity contribution in [1.29, 1.82) is 0 Å². The van der Waals surface area contributed by atoms with Crippen LogP contribution < -0.4 is 20.3 Å². The van der Waals surface area contributed by atoms with Crippen molar-refractivity contribution in [2.24, 2.45) is 0 Å². The van der Waals surface area contributed by atoms with E-state index in [0.29, 0.717) is 58.2 Å². The predicted molar refractivity (Wildman–Crippen MR) is 238 cm³/mol. The van der Waals surface area contributed by atoms with Gasteiger partial charge in [-0.05, 0) is 97.1 Å². The zero-order valence-electron chi connectivity index (χ0n) is 34.2. The normalized spacial score (nSPS) is 11.1. The molecule has 0 atom stereocenters. The number of esters is 1. The van der Waals surface area contributed by atoms with Crippen molar-refractivity contribution < 1.29 is 33.4 Å². The van der Waals surface area contributed by atoms with Gasteiger partial charge < -0.3 is 28.7 Å². The molecule has 4 aromatic rings. The molecule has 2 heterocycles. The highest BCUT2D eigenvalue weighted by Gasteiger charge is 2.24. The Morgan fingerprint density at radius 1 is 0.689 bits per heavy atom. The van der Waals surface area contributed by atoms with Gasteiger partial charge in [-0.3, -0.25) is 9.59 Å². The van der Waals surface area contributed by atoms with Crippen molar-refractivity contribution in [2.45, 2.75) is 25.7 Å². The maximum absolute atomic E-state index is 14.0. The number of rotatable bonds is 10. The van der Waals surface area contributed by atoms with Crippen LogP contribution in [-0.4, -0.2) is 56.9 Å². The lowest BCUT2D eigenvalue weighted by molar-refractivity contribution is -0.137. The van der Waals surface area contributed by atoms with Crippen LogP contribution in [0.1, 0.15) is 47.2 Å². The number of nitrogens with zero attached hydrogens (tertiary/aromatic N) is 2. The van der Waals surface area contributed by atoms with E-state index >= 15 is 0 Å². The lowest BCUT2D eigenvalue weighted by Gasteiger charge is -2.18. The van der Waals surface area contributed by atoms with E-state index in [0.717, 1.165) is 50.0 Å². The number of fused-ring (bicyclic) bond motifs is 4. The van der Waals surface area contributed by atoms with Gasteiger partial charge in [-0.2, -0.15) is 0 Å². The van der Waals surface area contributed by atoms with Crippen LogP contribution in [0.5, 0.6) is 5.75 Å². The standard InChI is InChI=1S/C51H42N2O8/c1-52(2)34-16-21-39-44(27-34)60-45-28-35(53(3)4)17-22-40(45)49(39)33-14-11-31(12-15-33)9-10-32-13-20-38(43(26-32)51(58)59-25-7-5-6-8-48(56)57)50-41-23-18-36(54)29-46(41)61-47-30-37(55)19-24-42(47)50/h11-24,26-30H,5-8,25H2,1-4H3,(H-,54,55,56,57)/p+1. The average Bonchev–Trinajstić information content (AvgIpc) is 3.24. The summed E-state index contributed by atoms with van der Waals surface area (Å²) in [4.78, 5) is 39.4. The molecule has 0 aromatic heterocycles. The van der Waals surface area contributed by atoms with Gasteiger partial charge in [0.1, 0.15) is 42.5 Å². The Balaban J connectivity index is 1.18. The molecule has 2 aliphatic carbocycles. The first-order valence-electron chi connectivity index (χ1n) is 20.0. The van der Waals surface area contributed by atoms with Gasteiger partial charge in [0.15, 0.2) is 5.43 Å². The number of carboxylic acid groups (broad SMARTS) is 1. The van der Waals surface area contributed by atoms with E-state index in [4.69, 9.17) is 18.7 Å². The molecule has 0 saturated heterocycles. The highest BCUT2D eigenvalue weighted by Crippen LogP contribution is 2.43. The Bertz CT molecular complexity index is 3120. The van der Waals surface area contributed by atoms with Gasteiger partial charge in [-0.25, -0.2) is 9.37 Å². The zero-order chi connectivity index (χ0) is 42.8. The highest BCUT2D eigenvalue weighted by molar-refractivity contribution is 6.08. The molecule has 10 nitrogen and oxygen atoms in total. The molecule has 2 N–H and O–H groups in total. The van der Waals surface area contributed by atoms with E-state index in [1.165, 1.54) is 24.3 Å². The van der Waals surface area contributed by atoms with E-state index in [9.17, 15) is 19.5 Å². The summed E-state index contributed by atoms with van der Waals surface area (Å²) in [6.07, 6.45) is 1.62. The SMILES string of the molecule is CN(C)c1ccc2c(-c3ccc(C#Cc4ccc(-c5c6ccc(=O)cc-6oc6cc(O)ccc56)c(C(=O)OCCCCCC(=O)O)c4)cc3)c3ccc(=[N+](C)C)cc-3oc2c1. The summed E-state index contributed by atoms with van der Waals surface area (Å²) in [6.45, 7) is 0.104. The highest BCUT2D eigenvalue weighted by atomic mass is 16.5. The monoisotopic (exact) mass is 811 g/mol. The fourth-order valence-electron chi connectivity index (χ4n) is 7.56. The summed E-state index contributed by atoms with van der Waals surface area (Å²) in [7, 11) is 8.02. The van der Waals surface area contributed by atoms with Gasteiger partial charge in [0, 0.05) is 94.6 Å². The number of unbranched alkanes of at least 4 members (excludes halogenated alkanes) is 2. The minimum absolute atomic E-state index is 0.0146. The van der Waals surface area contributed by atoms with Gasteiger partial charge in [0.25, 0.3) is 0 Å². The maximum atomic E-state index is 14.0. The van der Waals surface area contributed by atoms with Crippen molar-refractivity contribution >= 4 is 39.6 Å². The molecular weight excluding hydrogens is 769 g/mol. The Morgan fingerprint density at radius 2 is 1.34 bits per heavy atom. The molecule has 4 aliphatic rings. The smallest absolute Gasteiger partial charge is 0.338 e. The Kier molecular flexibility index (Phi) is 11.1. The number of carbonyl (C=O) groups is 2. The summed E-state index contributed by atoms with van der Waals surface area (Å²) in [6, 6.07) is 35.1. The molecule has 10 heteroatoms. The summed E-state index contributed by atoms with van der Waals surface area (Å²) in [5.41, 5.74) is 8.32. The molecule has 0 bridgehead atoms. The number of carbonyl (C=O) groups excluding carboxylic acids is 1. The summed E-state index contributed by atoms with van der Waals surface area (Å²) in [5, 5.41) is 21.9. The van der Waals surface area contributed by atoms with Gasteiger partial charge >= 0.3 is 11.9 Å². The number of hydrogen-bond donors (Lipinski definition) is 2. The predicted octanol–water partition coefficient (Wildman–Crippen LogP) is 9.09. The van der Waals surface area contributed by atoms with Gasteiger partial charge in [-0.1, -0.05) is 30.0 Å². The average molecular weight is 812 g/mol. The van der Waals surface area contributed by atoms with Crippen LogP contribution >= 0.6 is 0 Å². The molecule has 0 radical (unpaired) electrons. The third kappa shape index (κ3) is 8.45. The number of phenols is 1. The molecule has 2 aliphatic heterocycles. The van der Waals surface area contributed by atoms with Gasteiger partial charge in [0.2, 0.25) is 5.36 Å². The second-order valence-electron chi connectivity index (χ2n) is 15.4. The van der Waals surface area contributed by atoms with Crippen LogP contribution in [0.4, 0.5) is 5.69 Å². The topological polar surface area (TPSA) is 133 Å². The van der Waals surface area contributed by atoms with E-state index in [-0.39, 0.29) is 29.8 Å². The molecule has 8 rings (SSSR count). The fraction of sp³-hybridized carbons (Fsp3) is 0.176. The van der Waals surface area contributed by atoms with Crippen LogP contribution in [0.15, 0.2) is 129 Å². The quantitative estimate of drug-likeness (QED) is 0.0456. The van der Waals surface area contributed by atoms with Crippen LogP contribution in [0.3, 0.4) is 0 Å². The molecule has 4 aromatic carbocycles. The fourth-order valence-corrected chi connectivity index (χ4v) is 7.56. The molecular formula is C51H43N2O8+. The lowest BCUT2D eigenvalue weighted by atomic mass is 9.90. The molecule has 0 amide bonds. The van der Waals surface area contributed by atoms with Crippen LogP contribution in [0.2, 0.25) is 0 Å². The second kappa shape index (κ2) is 16.9. The number of phenolic OH excluding ortho intramolecular Hbond substituents is 1. The number of carboxylic acids is 1.